The van der Waals surface area contributed by atoms with Crippen LogP contribution in [0.5, 0.6) is 5.75 Å². The molecule has 3 aliphatic rings. The van der Waals surface area contributed by atoms with Gasteiger partial charge in [0.25, 0.3) is 0 Å². The molecule has 0 radical (unpaired) electrons. The number of aliphatic hydroxyl groups excluding tert-OH is 3. The van der Waals surface area contributed by atoms with E-state index in [2.05, 4.69) is 11.8 Å². The second kappa shape index (κ2) is 8.34. The molecule has 0 aliphatic heterocycles. The predicted octanol–water partition coefficient (Wildman–Crippen LogP) is 0.957. The minimum Gasteiger partial charge on any atom is -0.510 e. The number of nitrogens with zero attached hydrogens (tertiary/aromatic N) is 1. The third-order valence-corrected chi connectivity index (χ3v) is 7.13. The number of Topliss-reactive ketones (excluding diaryl/α,β-unsaturated/α-hetero) is 3. The molecule has 1 aromatic carbocycles. The van der Waals surface area contributed by atoms with Crippen molar-refractivity contribution >= 4 is 17.3 Å². The van der Waals surface area contributed by atoms with E-state index in [9.17, 15) is 39.9 Å². The van der Waals surface area contributed by atoms with Crippen LogP contribution in [0.3, 0.4) is 0 Å². The number of benzene rings is 1. The lowest BCUT2D eigenvalue weighted by Crippen LogP contribution is -2.63. The molecular formula is C26H27NO8. The second-order valence-electron chi connectivity index (χ2n) is 9.59. The Morgan fingerprint density at radius 3 is 2.43 bits per heavy atom. The molecule has 9 nitrogen and oxygen atoms in total. The lowest BCUT2D eigenvalue weighted by Gasteiger charge is -2.50. The lowest BCUT2D eigenvalue weighted by molar-refractivity contribution is -0.148. The molecule has 0 aromatic heterocycles. The third-order valence-electron chi connectivity index (χ3n) is 7.13. The highest BCUT2D eigenvalue weighted by atomic mass is 16.3. The third kappa shape index (κ3) is 3.48. The number of aliphatic hydroxyl groups is 4. The standard InChI is InChI=1S/C26H27NO8/c1-11(28)5-6-13-7-8-17(30)20-15(13)9-14-10-16-21(27(3)4)23(32)18(12(2)29)24(33)26(16,35)25(34)19(14)22(20)31/h7-8,11,14,16,21,28,30,32,34-35H,9-10H2,1-4H3/t11?,14-,16-,21-,26+/m0/s1. The van der Waals surface area contributed by atoms with Gasteiger partial charge in [0.2, 0.25) is 5.78 Å². The first kappa shape index (κ1) is 24.7. The number of hydrogen-bond donors (Lipinski definition) is 5. The Hall–Kier alpha value is -3.45. The fourth-order valence-corrected chi connectivity index (χ4v) is 5.65. The van der Waals surface area contributed by atoms with Crippen molar-refractivity contribution in [3.63, 3.8) is 0 Å². The fraction of sp³-hybridized carbons (Fsp3) is 0.423. The van der Waals surface area contributed by atoms with Crippen LogP contribution in [-0.4, -0.2) is 79.6 Å². The van der Waals surface area contributed by atoms with Crippen LogP contribution >= 0.6 is 0 Å². The first-order chi connectivity index (χ1) is 16.3. The van der Waals surface area contributed by atoms with Crippen molar-refractivity contribution in [1.29, 1.82) is 0 Å². The van der Waals surface area contributed by atoms with Gasteiger partial charge in [-0.1, -0.05) is 11.8 Å². The summed E-state index contributed by atoms with van der Waals surface area (Å²) in [6.07, 6.45) is -0.727. The van der Waals surface area contributed by atoms with E-state index in [0.29, 0.717) is 11.1 Å². The van der Waals surface area contributed by atoms with Gasteiger partial charge in [-0.15, -0.1) is 0 Å². The Morgan fingerprint density at radius 1 is 1.20 bits per heavy atom. The first-order valence-electron chi connectivity index (χ1n) is 11.2. The van der Waals surface area contributed by atoms with E-state index >= 15 is 0 Å². The highest BCUT2D eigenvalue weighted by molar-refractivity contribution is 6.25. The van der Waals surface area contributed by atoms with E-state index in [1.807, 2.05) is 0 Å². The van der Waals surface area contributed by atoms with E-state index < -0.39 is 64.0 Å². The van der Waals surface area contributed by atoms with Crippen molar-refractivity contribution < 1.29 is 39.9 Å². The summed E-state index contributed by atoms with van der Waals surface area (Å²) in [7, 11) is 3.21. The molecule has 0 spiro atoms. The van der Waals surface area contributed by atoms with Crippen molar-refractivity contribution in [2.45, 2.75) is 44.4 Å². The van der Waals surface area contributed by atoms with Crippen molar-refractivity contribution in [2.24, 2.45) is 11.8 Å². The van der Waals surface area contributed by atoms with Crippen LogP contribution in [0.2, 0.25) is 0 Å². The summed E-state index contributed by atoms with van der Waals surface area (Å²) in [6, 6.07) is 1.84. The molecule has 1 aromatic rings. The summed E-state index contributed by atoms with van der Waals surface area (Å²) in [5.74, 6) is -0.661. The smallest absolute Gasteiger partial charge is 0.209 e. The molecule has 0 saturated carbocycles. The molecule has 0 amide bonds. The van der Waals surface area contributed by atoms with Crippen molar-refractivity contribution in [1.82, 2.24) is 4.90 Å². The van der Waals surface area contributed by atoms with Gasteiger partial charge in [0.05, 0.1) is 11.6 Å². The Labute approximate surface area is 202 Å². The number of ketones is 3. The van der Waals surface area contributed by atoms with E-state index in [1.54, 1.807) is 19.0 Å². The highest BCUT2D eigenvalue weighted by Gasteiger charge is 2.63. The van der Waals surface area contributed by atoms with E-state index in [0.717, 1.165) is 6.92 Å². The number of phenolic OH excluding ortho intramolecular Hbond substituents is 1. The quantitative estimate of drug-likeness (QED) is 0.307. The summed E-state index contributed by atoms with van der Waals surface area (Å²) in [6.45, 7) is 2.56. The largest absolute Gasteiger partial charge is 0.510 e. The number of rotatable bonds is 2. The molecule has 184 valence electrons. The Balaban J connectivity index is 1.95. The maximum absolute atomic E-state index is 13.6. The van der Waals surface area contributed by atoms with Gasteiger partial charge in [0, 0.05) is 17.1 Å². The molecule has 0 fully saturated rings. The zero-order valence-electron chi connectivity index (χ0n) is 19.8. The Kier molecular flexibility index (Phi) is 5.88. The van der Waals surface area contributed by atoms with Crippen LogP contribution in [-0.2, 0) is 16.0 Å². The summed E-state index contributed by atoms with van der Waals surface area (Å²) < 4.78 is 0. The molecule has 35 heavy (non-hydrogen) atoms. The average Bonchev–Trinajstić information content (AvgIpc) is 2.75. The van der Waals surface area contributed by atoms with Crippen LogP contribution < -0.4 is 0 Å². The SMILES string of the molecule is CC(=O)C1=C(O)[C@@H](N(C)C)[C@@H]2C[C@@H]3Cc4c(C#CC(C)O)ccc(O)c4C(=O)C3=C(O)[C@]2(O)C1=O. The van der Waals surface area contributed by atoms with Gasteiger partial charge in [-0.05, 0) is 64.4 Å². The summed E-state index contributed by atoms with van der Waals surface area (Å²) in [4.78, 5) is 40.6. The number of carbonyl (C=O) groups is 3. The molecule has 9 heteroatoms. The molecule has 0 saturated heterocycles. The summed E-state index contributed by atoms with van der Waals surface area (Å²) in [5.41, 5.74) is -2.65. The highest BCUT2D eigenvalue weighted by Crippen LogP contribution is 2.52. The number of phenols is 1. The number of hydrogen-bond acceptors (Lipinski definition) is 9. The number of likely N-dealkylation sites (N-methyl/N-ethyl adjacent to an activating group) is 1. The van der Waals surface area contributed by atoms with Crippen molar-refractivity contribution in [2.75, 3.05) is 14.1 Å². The molecule has 3 aliphatic carbocycles. The minimum absolute atomic E-state index is 0.0316. The Morgan fingerprint density at radius 2 is 1.86 bits per heavy atom. The fourth-order valence-electron chi connectivity index (χ4n) is 5.65. The van der Waals surface area contributed by atoms with Crippen LogP contribution in [0.15, 0.2) is 34.8 Å². The van der Waals surface area contributed by atoms with Crippen LogP contribution in [0.1, 0.15) is 41.8 Å². The molecular weight excluding hydrogens is 454 g/mol. The Bertz CT molecular complexity index is 1290. The van der Waals surface area contributed by atoms with Gasteiger partial charge >= 0.3 is 0 Å². The molecule has 4 rings (SSSR count). The monoisotopic (exact) mass is 481 g/mol. The van der Waals surface area contributed by atoms with E-state index in [-0.39, 0.29) is 29.7 Å². The number of fused-ring (bicyclic) bond motifs is 3. The van der Waals surface area contributed by atoms with Crippen LogP contribution in [0.25, 0.3) is 0 Å². The van der Waals surface area contributed by atoms with Gasteiger partial charge in [-0.2, -0.15) is 0 Å². The molecule has 1 unspecified atom stereocenters. The number of allylic oxidation sites excluding steroid dienone is 1. The van der Waals surface area contributed by atoms with Crippen LogP contribution in [0, 0.1) is 23.7 Å². The second-order valence-corrected chi connectivity index (χ2v) is 9.59. The summed E-state index contributed by atoms with van der Waals surface area (Å²) >= 11 is 0. The zero-order chi connectivity index (χ0) is 26.0. The first-order valence-corrected chi connectivity index (χ1v) is 11.2. The topological polar surface area (TPSA) is 156 Å². The minimum atomic E-state index is -2.60. The van der Waals surface area contributed by atoms with Crippen molar-refractivity contribution in [3.8, 4) is 17.6 Å². The van der Waals surface area contributed by atoms with E-state index in [1.165, 1.54) is 19.1 Å². The van der Waals surface area contributed by atoms with Gasteiger partial charge in [0.1, 0.15) is 28.9 Å². The van der Waals surface area contributed by atoms with Gasteiger partial charge in [-0.25, -0.2) is 0 Å². The van der Waals surface area contributed by atoms with Gasteiger partial charge < -0.3 is 25.5 Å². The summed E-state index contributed by atoms with van der Waals surface area (Å²) in [5, 5.41) is 53.7. The molecule has 0 bridgehead atoms. The lowest BCUT2D eigenvalue weighted by atomic mass is 9.58. The maximum Gasteiger partial charge on any atom is 0.209 e. The number of aromatic hydroxyl groups is 1. The average molecular weight is 482 g/mol. The van der Waals surface area contributed by atoms with Gasteiger partial charge in [-0.3, -0.25) is 19.3 Å². The number of carbonyl (C=O) groups excluding carboxylic acids is 3. The predicted molar refractivity (Wildman–Crippen MR) is 124 cm³/mol. The van der Waals surface area contributed by atoms with Gasteiger partial charge in [0.15, 0.2) is 17.2 Å². The molecule has 0 heterocycles. The maximum atomic E-state index is 13.6. The van der Waals surface area contributed by atoms with E-state index in [4.69, 9.17) is 0 Å². The molecule has 5 N–H and O–H groups in total. The molecule has 5 atom stereocenters. The van der Waals surface area contributed by atoms with Crippen molar-refractivity contribution in [3.05, 3.63) is 51.5 Å². The normalized spacial score (nSPS) is 28.7. The zero-order valence-corrected chi connectivity index (χ0v) is 19.8. The van der Waals surface area contributed by atoms with Crippen LogP contribution in [0.4, 0.5) is 0 Å².